The maximum atomic E-state index is 11.5. The Morgan fingerprint density at radius 1 is 1.11 bits per heavy atom. The molecule has 0 atom stereocenters. The molecule has 0 fully saturated rings. The van der Waals surface area contributed by atoms with Gasteiger partial charge in [-0.15, -0.1) is 0 Å². The van der Waals surface area contributed by atoms with Crippen LogP contribution in [0.15, 0.2) is 24.3 Å². The molecule has 4 N–H and O–H groups in total. The lowest BCUT2D eigenvalue weighted by atomic mass is 10.2. The minimum Gasteiger partial charge on any atom is -0.447 e. The Hall–Kier alpha value is -2.12. The topological polar surface area (TPSA) is 108 Å². The fraction of sp³-hybridized carbons (Fsp3) is 0.333. The van der Waals surface area contributed by atoms with E-state index < -0.39 is 6.09 Å². The molecule has 0 bridgehead atoms. The Labute approximate surface area is 110 Å². The Bertz CT molecular complexity index is 419. The molecule has 7 nitrogen and oxygen atoms in total. The van der Waals surface area contributed by atoms with Crippen LogP contribution in [0.5, 0.6) is 0 Å². The van der Waals surface area contributed by atoms with E-state index >= 15 is 0 Å². The number of ether oxygens (including phenoxy) is 1. The molecule has 0 unspecified atom stereocenters. The normalized spacial score (nSPS) is 9.79. The van der Waals surface area contributed by atoms with Gasteiger partial charge in [0.2, 0.25) is 0 Å². The number of nitrogens with one attached hydrogen (secondary N) is 2. The molecule has 19 heavy (non-hydrogen) atoms. The molecule has 0 aliphatic heterocycles. The summed E-state index contributed by atoms with van der Waals surface area (Å²) in [7, 11) is 0. The third kappa shape index (κ3) is 5.36. The first-order valence-corrected chi connectivity index (χ1v) is 5.71. The van der Waals surface area contributed by atoms with E-state index in [1.807, 2.05) is 0 Å². The number of hydrogen-bond donors (Lipinski definition) is 4. The summed E-state index contributed by atoms with van der Waals surface area (Å²) in [6.07, 6.45) is -0.675. The molecule has 0 saturated heterocycles. The van der Waals surface area contributed by atoms with Crippen molar-refractivity contribution < 1.29 is 24.5 Å². The Morgan fingerprint density at radius 2 is 1.79 bits per heavy atom. The third-order valence-corrected chi connectivity index (χ3v) is 2.12. The van der Waals surface area contributed by atoms with E-state index in [1.165, 1.54) is 12.1 Å². The molecular weight excluding hydrogens is 252 g/mol. The summed E-state index contributed by atoms with van der Waals surface area (Å²) in [5.74, 6) is -0.302. The summed E-state index contributed by atoms with van der Waals surface area (Å²) in [6, 6.07) is 6.17. The number of hydrogen-bond acceptors (Lipinski definition) is 5. The summed E-state index contributed by atoms with van der Waals surface area (Å²) >= 11 is 0. The average molecular weight is 268 g/mol. The van der Waals surface area contributed by atoms with Crippen LogP contribution in [-0.2, 0) is 4.74 Å². The van der Waals surface area contributed by atoms with Crippen molar-refractivity contribution in [3.8, 4) is 0 Å². The summed E-state index contributed by atoms with van der Waals surface area (Å²) in [5, 5.41) is 22.0. The summed E-state index contributed by atoms with van der Waals surface area (Å²) in [5.41, 5.74) is 0.893. The van der Waals surface area contributed by atoms with Crippen molar-refractivity contribution in [1.29, 1.82) is 0 Å². The van der Waals surface area contributed by atoms with Gasteiger partial charge in [0.25, 0.3) is 5.91 Å². The van der Waals surface area contributed by atoms with E-state index in [1.54, 1.807) is 12.1 Å². The van der Waals surface area contributed by atoms with Crippen LogP contribution in [0, 0.1) is 0 Å². The van der Waals surface area contributed by atoms with Gasteiger partial charge in [-0.3, -0.25) is 10.1 Å². The Balaban J connectivity index is 2.51. The lowest BCUT2D eigenvalue weighted by molar-refractivity contribution is 0.0945. The molecule has 1 aromatic carbocycles. The zero-order valence-corrected chi connectivity index (χ0v) is 10.3. The molecule has 1 rings (SSSR count). The van der Waals surface area contributed by atoms with Crippen LogP contribution in [0.3, 0.4) is 0 Å². The van der Waals surface area contributed by atoms with Crippen molar-refractivity contribution in [2.24, 2.45) is 0 Å². The molecule has 104 valence electrons. The van der Waals surface area contributed by atoms with Crippen molar-refractivity contribution in [3.05, 3.63) is 29.8 Å². The summed E-state index contributed by atoms with van der Waals surface area (Å²) < 4.78 is 4.62. The number of aliphatic hydroxyl groups excluding tert-OH is 2. The van der Waals surface area contributed by atoms with Crippen LogP contribution < -0.4 is 10.6 Å². The van der Waals surface area contributed by atoms with Gasteiger partial charge < -0.3 is 20.3 Å². The zero-order chi connectivity index (χ0) is 14.1. The van der Waals surface area contributed by atoms with Crippen LogP contribution in [0.25, 0.3) is 0 Å². The fourth-order valence-corrected chi connectivity index (χ4v) is 1.27. The first-order chi connectivity index (χ1) is 9.17. The first-order valence-electron chi connectivity index (χ1n) is 5.71. The number of carbonyl (C=O) groups excluding carboxylic acids is 2. The number of anilines is 1. The predicted octanol–water partition coefficient (Wildman–Crippen LogP) is -0.0505. The maximum absolute atomic E-state index is 11.5. The van der Waals surface area contributed by atoms with E-state index in [0.29, 0.717) is 11.3 Å². The second-order valence-corrected chi connectivity index (χ2v) is 3.54. The van der Waals surface area contributed by atoms with E-state index in [9.17, 15) is 9.59 Å². The molecule has 0 saturated carbocycles. The SMILES string of the molecule is O=C(Nc1ccc(C(=O)NCCO)cc1)OCCO. The van der Waals surface area contributed by atoms with Gasteiger partial charge in [0.15, 0.2) is 0 Å². The van der Waals surface area contributed by atoms with Gasteiger partial charge >= 0.3 is 6.09 Å². The van der Waals surface area contributed by atoms with Gasteiger partial charge in [0.05, 0.1) is 13.2 Å². The Kier molecular flexibility index (Phi) is 6.34. The molecule has 0 heterocycles. The van der Waals surface area contributed by atoms with Gasteiger partial charge in [-0.1, -0.05) is 0 Å². The first kappa shape index (κ1) is 14.9. The number of carbonyl (C=O) groups is 2. The van der Waals surface area contributed by atoms with Crippen LogP contribution in [0.1, 0.15) is 10.4 Å². The zero-order valence-electron chi connectivity index (χ0n) is 10.3. The van der Waals surface area contributed by atoms with Crippen molar-refractivity contribution in [3.63, 3.8) is 0 Å². The minimum atomic E-state index is -0.675. The number of rotatable bonds is 6. The standard InChI is InChI=1S/C12H16N2O5/c15-6-5-13-11(17)9-1-3-10(4-2-9)14-12(18)19-8-7-16/h1-4,15-16H,5-8H2,(H,13,17)(H,14,18). The van der Waals surface area contributed by atoms with Crippen LogP contribution in [0.2, 0.25) is 0 Å². The molecule has 0 spiro atoms. The van der Waals surface area contributed by atoms with Crippen LogP contribution >= 0.6 is 0 Å². The van der Waals surface area contributed by atoms with Crippen LogP contribution in [-0.4, -0.2) is 48.6 Å². The highest BCUT2D eigenvalue weighted by Gasteiger charge is 2.06. The molecule has 7 heteroatoms. The van der Waals surface area contributed by atoms with Gasteiger partial charge in [-0.25, -0.2) is 4.79 Å². The number of aliphatic hydroxyl groups is 2. The van der Waals surface area contributed by atoms with E-state index in [-0.39, 0.29) is 32.3 Å². The van der Waals surface area contributed by atoms with Gasteiger partial charge in [-0.05, 0) is 24.3 Å². The van der Waals surface area contributed by atoms with Gasteiger partial charge in [0, 0.05) is 17.8 Å². The van der Waals surface area contributed by atoms with Crippen molar-refractivity contribution in [2.45, 2.75) is 0 Å². The quantitative estimate of drug-likeness (QED) is 0.578. The minimum absolute atomic E-state index is 0.0759. The van der Waals surface area contributed by atoms with Gasteiger partial charge in [-0.2, -0.15) is 0 Å². The maximum Gasteiger partial charge on any atom is 0.411 e. The number of amides is 2. The molecule has 2 amide bonds. The molecule has 0 radical (unpaired) electrons. The molecule has 0 aromatic heterocycles. The van der Waals surface area contributed by atoms with E-state index in [0.717, 1.165) is 0 Å². The highest BCUT2D eigenvalue weighted by Crippen LogP contribution is 2.09. The molecule has 0 aliphatic rings. The predicted molar refractivity (Wildman–Crippen MR) is 67.9 cm³/mol. The van der Waals surface area contributed by atoms with Crippen molar-refractivity contribution in [1.82, 2.24) is 5.32 Å². The highest BCUT2D eigenvalue weighted by molar-refractivity contribution is 5.95. The van der Waals surface area contributed by atoms with E-state index in [4.69, 9.17) is 10.2 Å². The highest BCUT2D eigenvalue weighted by atomic mass is 16.6. The van der Waals surface area contributed by atoms with Crippen molar-refractivity contribution >= 4 is 17.7 Å². The lowest BCUT2D eigenvalue weighted by Gasteiger charge is -2.07. The lowest BCUT2D eigenvalue weighted by Crippen LogP contribution is -2.26. The smallest absolute Gasteiger partial charge is 0.411 e. The fourth-order valence-electron chi connectivity index (χ4n) is 1.27. The van der Waals surface area contributed by atoms with Gasteiger partial charge in [0.1, 0.15) is 6.61 Å². The molecule has 1 aromatic rings. The second kappa shape index (κ2) is 8.06. The Morgan fingerprint density at radius 3 is 2.37 bits per heavy atom. The molecule has 0 aliphatic carbocycles. The largest absolute Gasteiger partial charge is 0.447 e. The monoisotopic (exact) mass is 268 g/mol. The molecular formula is C12H16N2O5. The second-order valence-electron chi connectivity index (χ2n) is 3.54. The third-order valence-electron chi connectivity index (χ3n) is 2.12. The van der Waals surface area contributed by atoms with E-state index in [2.05, 4.69) is 15.4 Å². The summed E-state index contributed by atoms with van der Waals surface area (Å²) in [4.78, 5) is 22.7. The average Bonchev–Trinajstić information content (AvgIpc) is 2.43. The van der Waals surface area contributed by atoms with Crippen molar-refractivity contribution in [2.75, 3.05) is 31.7 Å². The number of benzene rings is 1. The summed E-state index contributed by atoms with van der Waals surface area (Å²) in [6.45, 7) is -0.251. The van der Waals surface area contributed by atoms with Crippen LogP contribution in [0.4, 0.5) is 10.5 Å².